The van der Waals surface area contributed by atoms with E-state index >= 15 is 0 Å². The summed E-state index contributed by atoms with van der Waals surface area (Å²) in [6, 6.07) is 0. The molecule has 0 amide bonds. The summed E-state index contributed by atoms with van der Waals surface area (Å²) >= 11 is 0. The number of carboxylic acids is 1. The van der Waals surface area contributed by atoms with Crippen LogP contribution in [0, 0.1) is 0 Å². The molecule has 0 saturated carbocycles. The maximum absolute atomic E-state index is 10.7. The van der Waals surface area contributed by atoms with E-state index in [1.807, 2.05) is 0 Å². The van der Waals surface area contributed by atoms with Gasteiger partial charge in [-0.1, -0.05) is 0 Å². The van der Waals surface area contributed by atoms with E-state index in [0.717, 1.165) is 19.3 Å². The molecular formula is C9H12O4. The Morgan fingerprint density at radius 3 is 3.00 bits per heavy atom. The molecule has 1 N–H and O–H groups in total. The Hall–Kier alpha value is -0.870. The molecule has 1 spiro atoms. The smallest absolute Gasteiger partial charge is 0.331 e. The van der Waals surface area contributed by atoms with Gasteiger partial charge >= 0.3 is 5.97 Å². The molecule has 1 aliphatic carbocycles. The molecular weight excluding hydrogens is 172 g/mol. The minimum atomic E-state index is -0.838. The van der Waals surface area contributed by atoms with E-state index in [0.29, 0.717) is 18.6 Å². The van der Waals surface area contributed by atoms with Crippen LogP contribution in [0.1, 0.15) is 25.7 Å². The summed E-state index contributed by atoms with van der Waals surface area (Å²) in [5.41, 5.74) is 0.0168. The van der Waals surface area contributed by atoms with Gasteiger partial charge in [-0.2, -0.15) is 0 Å². The van der Waals surface area contributed by atoms with E-state index in [1.165, 1.54) is 0 Å². The highest BCUT2D eigenvalue weighted by Gasteiger charge is 2.38. The second kappa shape index (κ2) is 3.12. The lowest BCUT2D eigenvalue weighted by atomic mass is 9.85. The van der Waals surface area contributed by atoms with Gasteiger partial charge in [-0.05, 0) is 25.3 Å². The number of rotatable bonds is 1. The molecule has 1 unspecified atom stereocenters. The van der Waals surface area contributed by atoms with Crippen LogP contribution in [0.2, 0.25) is 0 Å². The zero-order valence-corrected chi connectivity index (χ0v) is 7.28. The van der Waals surface area contributed by atoms with Crippen molar-refractivity contribution < 1.29 is 19.7 Å². The third-order valence-electron chi connectivity index (χ3n) is 2.59. The van der Waals surface area contributed by atoms with Gasteiger partial charge in [0, 0.05) is 12.0 Å². The summed E-state index contributed by atoms with van der Waals surface area (Å²) in [7, 11) is 0. The van der Waals surface area contributed by atoms with Crippen molar-refractivity contribution >= 4 is 5.97 Å². The third kappa shape index (κ3) is 1.59. The molecule has 0 aromatic heterocycles. The predicted molar refractivity (Wildman–Crippen MR) is 44.0 cm³/mol. The van der Waals surface area contributed by atoms with Crippen molar-refractivity contribution in [1.82, 2.24) is 0 Å². The van der Waals surface area contributed by atoms with Gasteiger partial charge in [0.05, 0.1) is 6.61 Å². The molecule has 2 aliphatic rings. The number of aliphatic carboxylic acids is 1. The normalized spacial score (nSPS) is 33.4. The SMILES string of the molecule is O=C(O)C1=CC2(CCC1)CCOO2. The fourth-order valence-electron chi connectivity index (χ4n) is 1.89. The quantitative estimate of drug-likeness (QED) is 0.623. The minimum absolute atomic E-state index is 0.439. The third-order valence-corrected chi connectivity index (χ3v) is 2.59. The molecule has 0 aromatic rings. The Bertz CT molecular complexity index is 250. The minimum Gasteiger partial charge on any atom is -0.478 e. The second-order valence-electron chi connectivity index (χ2n) is 3.55. The van der Waals surface area contributed by atoms with Crippen molar-refractivity contribution in [2.75, 3.05) is 6.61 Å². The van der Waals surface area contributed by atoms with E-state index in [2.05, 4.69) is 0 Å². The van der Waals surface area contributed by atoms with Crippen LogP contribution >= 0.6 is 0 Å². The van der Waals surface area contributed by atoms with E-state index in [9.17, 15) is 4.79 Å². The van der Waals surface area contributed by atoms with Crippen LogP contribution in [0.25, 0.3) is 0 Å². The molecule has 1 heterocycles. The fraction of sp³-hybridized carbons (Fsp3) is 0.667. The van der Waals surface area contributed by atoms with Gasteiger partial charge in [0.15, 0.2) is 0 Å². The second-order valence-corrected chi connectivity index (χ2v) is 3.55. The Morgan fingerprint density at radius 1 is 1.54 bits per heavy atom. The zero-order chi connectivity index (χ0) is 9.31. The van der Waals surface area contributed by atoms with Crippen LogP contribution in [0.15, 0.2) is 11.6 Å². The average Bonchev–Trinajstić information content (AvgIpc) is 2.53. The largest absolute Gasteiger partial charge is 0.478 e. The standard InChI is InChI=1S/C9H12O4/c10-8(11)7-2-1-3-9(6-7)4-5-12-13-9/h6H,1-5H2,(H,10,11). The van der Waals surface area contributed by atoms with Crippen LogP contribution in [0.4, 0.5) is 0 Å². The fourth-order valence-corrected chi connectivity index (χ4v) is 1.89. The molecule has 0 radical (unpaired) electrons. The number of hydrogen-bond donors (Lipinski definition) is 1. The topological polar surface area (TPSA) is 55.8 Å². The lowest BCUT2D eigenvalue weighted by molar-refractivity contribution is -0.298. The Morgan fingerprint density at radius 2 is 2.38 bits per heavy atom. The average molecular weight is 184 g/mol. The van der Waals surface area contributed by atoms with Crippen LogP contribution in [0.3, 0.4) is 0 Å². The van der Waals surface area contributed by atoms with Crippen molar-refractivity contribution in [3.8, 4) is 0 Å². The van der Waals surface area contributed by atoms with E-state index < -0.39 is 11.6 Å². The molecule has 13 heavy (non-hydrogen) atoms. The van der Waals surface area contributed by atoms with Crippen LogP contribution in [0.5, 0.6) is 0 Å². The first-order valence-corrected chi connectivity index (χ1v) is 4.48. The monoisotopic (exact) mass is 184 g/mol. The van der Waals surface area contributed by atoms with E-state index in [1.54, 1.807) is 6.08 Å². The first kappa shape index (κ1) is 8.72. The summed E-state index contributed by atoms with van der Waals surface area (Å²) < 4.78 is 0. The zero-order valence-electron chi connectivity index (χ0n) is 7.28. The summed E-state index contributed by atoms with van der Waals surface area (Å²) in [4.78, 5) is 20.7. The highest BCUT2D eigenvalue weighted by atomic mass is 17.2. The van der Waals surface area contributed by atoms with Gasteiger partial charge < -0.3 is 5.11 Å². The van der Waals surface area contributed by atoms with Gasteiger partial charge in [0.2, 0.25) is 0 Å². The first-order valence-electron chi connectivity index (χ1n) is 4.48. The van der Waals surface area contributed by atoms with Crippen molar-refractivity contribution in [3.05, 3.63) is 11.6 Å². The van der Waals surface area contributed by atoms with Gasteiger partial charge in [-0.25, -0.2) is 14.6 Å². The molecule has 0 aromatic carbocycles. The molecule has 0 bridgehead atoms. The maximum Gasteiger partial charge on any atom is 0.331 e. The van der Waals surface area contributed by atoms with Crippen molar-refractivity contribution in [1.29, 1.82) is 0 Å². The van der Waals surface area contributed by atoms with Gasteiger partial charge in [0.1, 0.15) is 5.60 Å². The predicted octanol–water partition coefficient (Wildman–Crippen LogP) is 1.27. The highest BCUT2D eigenvalue weighted by molar-refractivity contribution is 5.87. The maximum atomic E-state index is 10.7. The molecule has 4 heteroatoms. The molecule has 1 atom stereocenters. The first-order chi connectivity index (χ1) is 6.22. The number of carboxylic acid groups (broad SMARTS) is 1. The van der Waals surface area contributed by atoms with Crippen molar-refractivity contribution in [2.24, 2.45) is 0 Å². The molecule has 2 rings (SSSR count). The number of hydrogen-bond acceptors (Lipinski definition) is 3. The molecule has 1 fully saturated rings. The van der Waals surface area contributed by atoms with Gasteiger partial charge in [-0.3, -0.25) is 0 Å². The Labute approximate surface area is 76.1 Å². The Balaban J connectivity index is 2.21. The van der Waals surface area contributed by atoms with Crippen molar-refractivity contribution in [3.63, 3.8) is 0 Å². The van der Waals surface area contributed by atoms with Crippen LogP contribution < -0.4 is 0 Å². The summed E-state index contributed by atoms with van der Waals surface area (Å²) in [6.45, 7) is 0.559. The summed E-state index contributed by atoms with van der Waals surface area (Å²) in [5, 5.41) is 8.82. The van der Waals surface area contributed by atoms with E-state index in [-0.39, 0.29) is 0 Å². The van der Waals surface area contributed by atoms with Gasteiger partial charge in [-0.15, -0.1) is 0 Å². The Kier molecular flexibility index (Phi) is 2.09. The summed E-state index contributed by atoms with van der Waals surface area (Å²) in [5.74, 6) is -0.838. The lowest BCUT2D eigenvalue weighted by Crippen LogP contribution is -2.29. The highest BCUT2D eigenvalue weighted by Crippen LogP contribution is 2.36. The molecule has 4 nitrogen and oxygen atoms in total. The van der Waals surface area contributed by atoms with Gasteiger partial charge in [0.25, 0.3) is 0 Å². The molecule has 1 aliphatic heterocycles. The lowest BCUT2D eigenvalue weighted by Gasteiger charge is -2.26. The molecule has 1 saturated heterocycles. The van der Waals surface area contributed by atoms with Crippen LogP contribution in [-0.2, 0) is 14.6 Å². The van der Waals surface area contributed by atoms with Crippen molar-refractivity contribution in [2.45, 2.75) is 31.3 Å². The molecule has 72 valence electrons. The number of carbonyl (C=O) groups is 1. The summed E-state index contributed by atoms with van der Waals surface area (Å²) in [6.07, 6.45) is 4.85. The van der Waals surface area contributed by atoms with E-state index in [4.69, 9.17) is 14.9 Å². The van der Waals surface area contributed by atoms with Crippen LogP contribution in [-0.4, -0.2) is 23.3 Å².